The van der Waals surface area contributed by atoms with Crippen molar-refractivity contribution in [3.05, 3.63) is 12.7 Å². The largest absolute Gasteiger partial charge is 0.465 e. The molecule has 0 N–H and O–H groups in total. The zero-order chi connectivity index (χ0) is 12.9. The molecule has 3 aliphatic rings. The number of carbonyl (C=O) groups is 2. The molecule has 98 valence electrons. The number of rotatable bonds is 3. The van der Waals surface area contributed by atoms with E-state index in [9.17, 15) is 9.59 Å². The first-order valence-corrected chi connectivity index (χ1v) is 6.67. The Bertz CT molecular complexity index is 403. The van der Waals surface area contributed by atoms with E-state index >= 15 is 0 Å². The minimum Gasteiger partial charge on any atom is -0.465 e. The molecule has 0 amide bonds. The van der Waals surface area contributed by atoms with Gasteiger partial charge in [0.15, 0.2) is 0 Å². The van der Waals surface area contributed by atoms with Gasteiger partial charge in [-0.2, -0.15) is 0 Å². The van der Waals surface area contributed by atoms with Crippen LogP contribution in [0.25, 0.3) is 0 Å². The zero-order valence-corrected chi connectivity index (χ0v) is 10.5. The molecule has 0 aromatic carbocycles. The minimum atomic E-state index is -0.354. The summed E-state index contributed by atoms with van der Waals surface area (Å²) in [5.41, 5.74) is 0. The van der Waals surface area contributed by atoms with Crippen LogP contribution in [0.15, 0.2) is 12.7 Å². The third-order valence-electron chi connectivity index (χ3n) is 4.99. The normalized spacial score (nSPS) is 44.6. The quantitative estimate of drug-likeness (QED) is 0.563. The van der Waals surface area contributed by atoms with Gasteiger partial charge in [0, 0.05) is 17.9 Å². The van der Waals surface area contributed by atoms with Gasteiger partial charge >= 0.3 is 11.9 Å². The lowest BCUT2D eigenvalue weighted by Gasteiger charge is -2.34. The predicted molar refractivity (Wildman–Crippen MR) is 63.4 cm³/mol. The van der Waals surface area contributed by atoms with Gasteiger partial charge in [0.05, 0.1) is 12.5 Å². The Morgan fingerprint density at radius 3 is 2.94 bits per heavy atom. The summed E-state index contributed by atoms with van der Waals surface area (Å²) in [4.78, 5) is 23.2. The highest BCUT2D eigenvalue weighted by Gasteiger charge is 2.63. The first kappa shape index (κ1) is 11.8. The van der Waals surface area contributed by atoms with Crippen molar-refractivity contribution in [2.24, 2.45) is 29.6 Å². The van der Waals surface area contributed by atoms with Crippen molar-refractivity contribution in [1.82, 2.24) is 0 Å². The summed E-state index contributed by atoms with van der Waals surface area (Å²) in [6.45, 7) is 6.04. The van der Waals surface area contributed by atoms with Crippen LogP contribution in [0, 0.1) is 29.6 Å². The second-order valence-corrected chi connectivity index (χ2v) is 5.56. The van der Waals surface area contributed by atoms with Crippen molar-refractivity contribution in [3.63, 3.8) is 0 Å². The maximum atomic E-state index is 11.7. The van der Waals surface area contributed by atoms with E-state index in [1.54, 1.807) is 0 Å². The maximum absolute atomic E-state index is 11.7. The average Bonchev–Trinajstić information content (AvgIpc) is 3.00. The van der Waals surface area contributed by atoms with Gasteiger partial charge in [-0.15, -0.1) is 0 Å². The van der Waals surface area contributed by atoms with E-state index in [1.807, 2.05) is 0 Å². The summed E-state index contributed by atoms with van der Waals surface area (Å²) in [6.07, 6.45) is 3.10. The van der Waals surface area contributed by atoms with Gasteiger partial charge in [-0.1, -0.05) is 13.5 Å². The Hall–Kier alpha value is -1.32. The lowest BCUT2D eigenvalue weighted by atomic mass is 9.73. The predicted octanol–water partition coefficient (Wildman–Crippen LogP) is 1.55. The number of esters is 2. The topological polar surface area (TPSA) is 52.6 Å². The molecule has 4 heteroatoms. The number of fused-ring (bicyclic) bond motifs is 5. The van der Waals surface area contributed by atoms with E-state index in [2.05, 4.69) is 13.5 Å². The molecule has 0 aromatic rings. The number of hydrogen-bond acceptors (Lipinski definition) is 4. The number of hydrogen-bond donors (Lipinski definition) is 0. The van der Waals surface area contributed by atoms with Crippen LogP contribution >= 0.6 is 0 Å². The van der Waals surface area contributed by atoms with Gasteiger partial charge in [0.2, 0.25) is 0 Å². The Labute approximate surface area is 106 Å². The Morgan fingerprint density at radius 2 is 2.28 bits per heavy atom. The van der Waals surface area contributed by atoms with Crippen LogP contribution in [0.4, 0.5) is 0 Å². The molecule has 3 fully saturated rings. The fraction of sp³-hybridized carbons (Fsp3) is 0.714. The third kappa shape index (κ3) is 1.44. The van der Waals surface area contributed by atoms with Gasteiger partial charge < -0.3 is 9.47 Å². The minimum absolute atomic E-state index is 0.0422. The van der Waals surface area contributed by atoms with Crippen molar-refractivity contribution >= 4 is 11.9 Å². The van der Waals surface area contributed by atoms with Crippen molar-refractivity contribution in [2.75, 3.05) is 6.61 Å². The number of cyclic esters (lactones) is 1. The van der Waals surface area contributed by atoms with Crippen LogP contribution in [0.5, 0.6) is 0 Å². The van der Waals surface area contributed by atoms with Crippen LogP contribution in [-0.2, 0) is 19.1 Å². The summed E-state index contributed by atoms with van der Waals surface area (Å²) in [7, 11) is 0. The van der Waals surface area contributed by atoms with Crippen molar-refractivity contribution in [2.45, 2.75) is 25.9 Å². The molecule has 6 atom stereocenters. The molecule has 0 aromatic heterocycles. The molecule has 0 spiro atoms. The van der Waals surface area contributed by atoms with E-state index in [1.165, 1.54) is 6.08 Å². The smallest absolute Gasteiger partial charge is 0.330 e. The van der Waals surface area contributed by atoms with Gasteiger partial charge in [0.1, 0.15) is 6.10 Å². The molecule has 3 rings (SSSR count). The summed E-state index contributed by atoms with van der Waals surface area (Å²) in [6, 6.07) is 0. The fourth-order valence-electron chi connectivity index (χ4n) is 4.34. The van der Waals surface area contributed by atoms with E-state index < -0.39 is 0 Å². The fourth-order valence-corrected chi connectivity index (χ4v) is 4.34. The molecular formula is C14H18O4. The second-order valence-electron chi connectivity index (χ2n) is 5.56. The molecule has 0 radical (unpaired) electrons. The van der Waals surface area contributed by atoms with Gasteiger partial charge in [-0.3, -0.25) is 4.79 Å². The standard InChI is InChI=1S/C14H18O4/c1-3-7-8-5-9(13(7)18-11(15)4-2)10-6-17-14(16)12(8)10/h4,7-10,12-13H,2-3,5-6H2,1H3. The van der Waals surface area contributed by atoms with Gasteiger partial charge in [-0.05, 0) is 24.7 Å². The highest BCUT2D eigenvalue weighted by Crippen LogP contribution is 2.59. The molecule has 18 heavy (non-hydrogen) atoms. The third-order valence-corrected chi connectivity index (χ3v) is 4.99. The molecular weight excluding hydrogens is 232 g/mol. The van der Waals surface area contributed by atoms with Crippen LogP contribution in [0.1, 0.15) is 19.8 Å². The van der Waals surface area contributed by atoms with Crippen molar-refractivity contribution < 1.29 is 19.1 Å². The Kier molecular flexibility index (Phi) is 2.68. The van der Waals surface area contributed by atoms with Crippen LogP contribution in [0.3, 0.4) is 0 Å². The van der Waals surface area contributed by atoms with Crippen LogP contribution in [-0.4, -0.2) is 24.6 Å². The summed E-state index contributed by atoms with van der Waals surface area (Å²) >= 11 is 0. The van der Waals surface area contributed by atoms with E-state index in [-0.39, 0.29) is 29.9 Å². The monoisotopic (exact) mass is 250 g/mol. The maximum Gasteiger partial charge on any atom is 0.330 e. The zero-order valence-electron chi connectivity index (χ0n) is 10.5. The highest BCUT2D eigenvalue weighted by atomic mass is 16.6. The average molecular weight is 250 g/mol. The lowest BCUT2D eigenvalue weighted by molar-refractivity contribution is -0.151. The SMILES string of the molecule is C=CC(=O)OC1C2CC(C1CC)C1C(=O)OCC21. The molecule has 4 nitrogen and oxygen atoms in total. The summed E-state index contributed by atoms with van der Waals surface area (Å²) in [5.74, 6) is 0.840. The van der Waals surface area contributed by atoms with E-state index in [0.29, 0.717) is 24.4 Å². The van der Waals surface area contributed by atoms with Crippen molar-refractivity contribution in [1.29, 1.82) is 0 Å². The van der Waals surface area contributed by atoms with E-state index in [4.69, 9.17) is 9.47 Å². The second kappa shape index (κ2) is 4.11. The summed E-state index contributed by atoms with van der Waals surface area (Å²) in [5, 5.41) is 0. The lowest BCUT2D eigenvalue weighted by Crippen LogP contribution is -2.41. The molecule has 2 bridgehead atoms. The molecule has 6 unspecified atom stereocenters. The van der Waals surface area contributed by atoms with E-state index in [0.717, 1.165) is 12.8 Å². The molecule has 1 heterocycles. The molecule has 2 aliphatic carbocycles. The summed E-state index contributed by atoms with van der Waals surface area (Å²) < 4.78 is 10.7. The molecule has 2 saturated carbocycles. The van der Waals surface area contributed by atoms with Crippen LogP contribution < -0.4 is 0 Å². The van der Waals surface area contributed by atoms with Gasteiger partial charge in [-0.25, -0.2) is 4.79 Å². The van der Waals surface area contributed by atoms with Crippen LogP contribution in [0.2, 0.25) is 0 Å². The first-order chi connectivity index (χ1) is 8.67. The number of carbonyl (C=O) groups excluding carboxylic acids is 2. The molecule has 1 aliphatic heterocycles. The first-order valence-electron chi connectivity index (χ1n) is 6.67. The number of ether oxygens (including phenoxy) is 2. The Morgan fingerprint density at radius 1 is 1.50 bits per heavy atom. The highest BCUT2D eigenvalue weighted by molar-refractivity contribution is 5.81. The Balaban J connectivity index is 1.83. The molecule has 1 saturated heterocycles. The van der Waals surface area contributed by atoms with Gasteiger partial charge in [0.25, 0.3) is 0 Å². The van der Waals surface area contributed by atoms with Crippen molar-refractivity contribution in [3.8, 4) is 0 Å².